The minimum atomic E-state index is -0.263. The highest BCUT2D eigenvalue weighted by Gasteiger charge is 2.40. The molecule has 150 valence electrons. The van der Waals surface area contributed by atoms with Crippen molar-refractivity contribution in [2.24, 2.45) is 0 Å². The SMILES string of the molecule is CCC(C(=O)Nc1ccc2c(c1)C(=O)N(C1CCCCC1)C2=O)c1ccccc1. The van der Waals surface area contributed by atoms with Crippen molar-refractivity contribution in [2.75, 3.05) is 5.32 Å². The highest BCUT2D eigenvalue weighted by molar-refractivity contribution is 6.22. The molecule has 0 spiro atoms. The van der Waals surface area contributed by atoms with Crippen LogP contribution in [0.3, 0.4) is 0 Å². The average Bonchev–Trinajstić information content (AvgIpc) is 3.00. The lowest BCUT2D eigenvalue weighted by Crippen LogP contribution is -2.40. The minimum absolute atomic E-state index is 0.00302. The lowest BCUT2D eigenvalue weighted by molar-refractivity contribution is -0.117. The second kappa shape index (κ2) is 8.19. The molecule has 1 aliphatic heterocycles. The van der Waals surface area contributed by atoms with Gasteiger partial charge in [-0.1, -0.05) is 56.5 Å². The Morgan fingerprint density at radius 2 is 1.69 bits per heavy atom. The van der Waals surface area contributed by atoms with Gasteiger partial charge in [0, 0.05) is 11.7 Å². The molecule has 2 aliphatic rings. The summed E-state index contributed by atoms with van der Waals surface area (Å²) in [6.45, 7) is 1.98. The zero-order valence-corrected chi connectivity index (χ0v) is 16.7. The molecule has 3 amide bonds. The van der Waals surface area contributed by atoms with Gasteiger partial charge < -0.3 is 5.32 Å². The quantitative estimate of drug-likeness (QED) is 0.750. The summed E-state index contributed by atoms with van der Waals surface area (Å²) in [7, 11) is 0. The number of hydrogen-bond acceptors (Lipinski definition) is 3. The van der Waals surface area contributed by atoms with Crippen LogP contribution < -0.4 is 5.32 Å². The summed E-state index contributed by atoms with van der Waals surface area (Å²) in [5.74, 6) is -0.811. The molecule has 1 unspecified atom stereocenters. The summed E-state index contributed by atoms with van der Waals surface area (Å²) >= 11 is 0. The molecule has 1 aliphatic carbocycles. The Labute approximate surface area is 171 Å². The number of nitrogens with one attached hydrogen (secondary N) is 1. The van der Waals surface area contributed by atoms with E-state index in [1.165, 1.54) is 4.90 Å². The standard InChI is InChI=1S/C24H26N2O3/c1-2-19(16-9-5-3-6-10-16)22(27)25-17-13-14-20-21(15-17)24(29)26(23(20)28)18-11-7-4-8-12-18/h3,5-6,9-10,13-15,18-19H,2,4,7-8,11-12H2,1H3,(H,25,27). The maximum atomic E-state index is 12.9. The number of anilines is 1. The highest BCUT2D eigenvalue weighted by atomic mass is 16.2. The zero-order chi connectivity index (χ0) is 20.4. The number of nitrogens with zero attached hydrogens (tertiary/aromatic N) is 1. The molecule has 1 N–H and O–H groups in total. The summed E-state index contributed by atoms with van der Waals surface area (Å²) in [6, 6.07) is 14.7. The van der Waals surface area contributed by atoms with Gasteiger partial charge in [-0.25, -0.2) is 0 Å². The van der Waals surface area contributed by atoms with E-state index in [4.69, 9.17) is 0 Å². The predicted molar refractivity (Wildman–Crippen MR) is 112 cm³/mol. The molecule has 1 heterocycles. The Balaban J connectivity index is 1.54. The van der Waals surface area contributed by atoms with Crippen molar-refractivity contribution < 1.29 is 14.4 Å². The maximum Gasteiger partial charge on any atom is 0.261 e. The van der Waals surface area contributed by atoms with Crippen LogP contribution in [0.15, 0.2) is 48.5 Å². The van der Waals surface area contributed by atoms with Gasteiger partial charge in [0.05, 0.1) is 17.0 Å². The van der Waals surface area contributed by atoms with E-state index in [1.807, 2.05) is 37.3 Å². The molecular formula is C24H26N2O3. The number of imide groups is 1. The van der Waals surface area contributed by atoms with Crippen molar-refractivity contribution in [3.63, 3.8) is 0 Å². The van der Waals surface area contributed by atoms with Crippen LogP contribution in [0.1, 0.15) is 77.6 Å². The average molecular weight is 390 g/mol. The molecule has 0 aromatic heterocycles. The van der Waals surface area contributed by atoms with Crippen molar-refractivity contribution in [3.05, 3.63) is 65.2 Å². The highest BCUT2D eigenvalue weighted by Crippen LogP contribution is 2.32. The van der Waals surface area contributed by atoms with E-state index in [1.54, 1.807) is 18.2 Å². The fourth-order valence-electron chi connectivity index (χ4n) is 4.50. The number of fused-ring (bicyclic) bond motifs is 1. The molecular weight excluding hydrogens is 364 g/mol. The number of benzene rings is 2. The van der Waals surface area contributed by atoms with Gasteiger partial charge in [-0.05, 0) is 43.0 Å². The van der Waals surface area contributed by atoms with E-state index in [9.17, 15) is 14.4 Å². The van der Waals surface area contributed by atoms with Crippen LogP contribution in [0.25, 0.3) is 0 Å². The second-order valence-electron chi connectivity index (χ2n) is 7.89. The normalized spacial score (nSPS) is 17.9. The first-order valence-electron chi connectivity index (χ1n) is 10.5. The Morgan fingerprint density at radius 3 is 2.38 bits per heavy atom. The monoisotopic (exact) mass is 390 g/mol. The fourth-order valence-corrected chi connectivity index (χ4v) is 4.50. The zero-order valence-electron chi connectivity index (χ0n) is 16.7. The minimum Gasteiger partial charge on any atom is -0.326 e. The number of carbonyl (C=O) groups excluding carboxylic acids is 3. The summed E-state index contributed by atoms with van der Waals surface area (Å²) in [4.78, 5) is 40.0. The summed E-state index contributed by atoms with van der Waals surface area (Å²) in [5, 5.41) is 2.93. The van der Waals surface area contributed by atoms with Crippen LogP contribution in [-0.2, 0) is 4.79 Å². The largest absolute Gasteiger partial charge is 0.326 e. The van der Waals surface area contributed by atoms with Gasteiger partial charge in [0.1, 0.15) is 0 Å². The van der Waals surface area contributed by atoms with Crippen molar-refractivity contribution in [2.45, 2.75) is 57.4 Å². The molecule has 29 heavy (non-hydrogen) atoms. The van der Waals surface area contributed by atoms with Crippen LogP contribution >= 0.6 is 0 Å². The van der Waals surface area contributed by atoms with Crippen LogP contribution in [0.4, 0.5) is 5.69 Å². The van der Waals surface area contributed by atoms with Gasteiger partial charge in [0.25, 0.3) is 11.8 Å². The van der Waals surface area contributed by atoms with E-state index >= 15 is 0 Å². The first-order valence-corrected chi connectivity index (χ1v) is 10.5. The molecule has 1 atom stereocenters. The van der Waals surface area contributed by atoms with E-state index in [2.05, 4.69) is 5.32 Å². The number of hydrogen-bond donors (Lipinski definition) is 1. The number of rotatable bonds is 5. The third-order valence-electron chi connectivity index (χ3n) is 6.05. The maximum absolute atomic E-state index is 12.9. The van der Waals surface area contributed by atoms with Gasteiger partial charge in [-0.3, -0.25) is 19.3 Å². The van der Waals surface area contributed by atoms with Crippen LogP contribution in [0.5, 0.6) is 0 Å². The van der Waals surface area contributed by atoms with Gasteiger partial charge >= 0.3 is 0 Å². The van der Waals surface area contributed by atoms with Crippen LogP contribution in [-0.4, -0.2) is 28.7 Å². The van der Waals surface area contributed by atoms with E-state index in [-0.39, 0.29) is 29.7 Å². The first-order chi connectivity index (χ1) is 14.1. The molecule has 2 aromatic rings. The lowest BCUT2D eigenvalue weighted by Gasteiger charge is -2.29. The van der Waals surface area contributed by atoms with E-state index in [0.717, 1.165) is 37.7 Å². The lowest BCUT2D eigenvalue weighted by atomic mass is 9.94. The second-order valence-corrected chi connectivity index (χ2v) is 7.89. The van der Waals surface area contributed by atoms with Crippen LogP contribution in [0.2, 0.25) is 0 Å². The molecule has 5 heteroatoms. The molecule has 2 aromatic carbocycles. The first kappa shape index (κ1) is 19.4. The molecule has 0 radical (unpaired) electrons. The fraction of sp³-hybridized carbons (Fsp3) is 0.375. The van der Waals surface area contributed by atoms with Crippen LogP contribution in [0, 0.1) is 0 Å². The third kappa shape index (κ3) is 3.69. The van der Waals surface area contributed by atoms with Gasteiger partial charge in [0.2, 0.25) is 5.91 Å². The molecule has 1 fully saturated rings. The van der Waals surface area contributed by atoms with E-state index < -0.39 is 0 Å². The Kier molecular flexibility index (Phi) is 5.47. The van der Waals surface area contributed by atoms with Gasteiger partial charge in [0.15, 0.2) is 0 Å². The predicted octanol–water partition coefficient (Wildman–Crippen LogP) is 4.75. The van der Waals surface area contributed by atoms with Crippen molar-refractivity contribution in [3.8, 4) is 0 Å². The van der Waals surface area contributed by atoms with Gasteiger partial charge in [-0.15, -0.1) is 0 Å². The smallest absolute Gasteiger partial charge is 0.261 e. The number of amides is 3. The van der Waals surface area contributed by atoms with E-state index in [0.29, 0.717) is 23.2 Å². The number of carbonyl (C=O) groups is 3. The third-order valence-corrected chi connectivity index (χ3v) is 6.05. The molecule has 0 bridgehead atoms. The van der Waals surface area contributed by atoms with Crippen molar-refractivity contribution in [1.82, 2.24) is 4.90 Å². The molecule has 0 saturated heterocycles. The Morgan fingerprint density at radius 1 is 1.00 bits per heavy atom. The topological polar surface area (TPSA) is 66.5 Å². The summed E-state index contributed by atoms with van der Waals surface area (Å²) in [6.07, 6.45) is 5.70. The summed E-state index contributed by atoms with van der Waals surface area (Å²) < 4.78 is 0. The Hall–Kier alpha value is -2.95. The Bertz CT molecular complexity index is 932. The molecule has 4 rings (SSSR count). The van der Waals surface area contributed by atoms with Gasteiger partial charge in [-0.2, -0.15) is 0 Å². The molecule has 1 saturated carbocycles. The van der Waals surface area contributed by atoms with Crippen molar-refractivity contribution in [1.29, 1.82) is 0 Å². The summed E-state index contributed by atoms with van der Waals surface area (Å²) in [5.41, 5.74) is 2.35. The molecule has 5 nitrogen and oxygen atoms in total. The van der Waals surface area contributed by atoms with Crippen molar-refractivity contribution >= 4 is 23.4 Å².